The minimum absolute atomic E-state index is 0.0687. The number of ether oxygens (including phenoxy) is 5. The molecule has 0 aliphatic carbocycles. The van der Waals surface area contributed by atoms with E-state index >= 15 is 0 Å². The van der Waals surface area contributed by atoms with Gasteiger partial charge in [-0.05, 0) is 62.3 Å². The second-order valence-corrected chi connectivity index (χ2v) is 15.0. The number of hydrogen-bond donors (Lipinski definition) is 8. The fourth-order valence-electron chi connectivity index (χ4n) is 6.46. The van der Waals surface area contributed by atoms with E-state index in [-0.39, 0.29) is 45.4 Å². The molecule has 9 N–H and O–H groups in total. The first-order chi connectivity index (χ1) is 28.5. The Morgan fingerprint density at radius 1 is 0.833 bits per heavy atom. The van der Waals surface area contributed by atoms with Crippen LogP contribution >= 0.6 is 0 Å². The summed E-state index contributed by atoms with van der Waals surface area (Å²) in [4.78, 5) is 91.2. The van der Waals surface area contributed by atoms with Gasteiger partial charge in [-0.15, -0.1) is 0 Å². The van der Waals surface area contributed by atoms with Gasteiger partial charge in [0.15, 0.2) is 18.1 Å². The van der Waals surface area contributed by atoms with E-state index in [0.717, 1.165) is 0 Å². The summed E-state index contributed by atoms with van der Waals surface area (Å²) in [6.07, 6.45) is -5.30. The minimum atomic E-state index is -1.40. The molecule has 2 saturated heterocycles. The zero-order valence-electron chi connectivity index (χ0n) is 34.2. The van der Waals surface area contributed by atoms with Gasteiger partial charge in [-0.3, -0.25) is 19.2 Å². The number of benzene rings is 2. The molecule has 2 aliphatic heterocycles. The zero-order chi connectivity index (χ0) is 44.0. The number of hydrogen-bond acceptors (Lipinski definition) is 13. The maximum absolute atomic E-state index is 13.9. The van der Waals surface area contributed by atoms with Crippen LogP contribution in [0.4, 0.5) is 15.3 Å². The lowest BCUT2D eigenvalue weighted by atomic mass is 10.0. The Labute approximate surface area is 347 Å². The minimum Gasteiger partial charge on any atom is -0.467 e. The molecule has 0 bridgehead atoms. The van der Waals surface area contributed by atoms with Crippen molar-refractivity contribution >= 4 is 47.4 Å². The summed E-state index contributed by atoms with van der Waals surface area (Å²) in [6.45, 7) is 6.42. The van der Waals surface area contributed by atoms with Crippen molar-refractivity contribution in [1.29, 1.82) is 0 Å². The number of aliphatic hydroxyl groups excluding tert-OH is 1. The van der Waals surface area contributed by atoms with Crippen molar-refractivity contribution in [3.8, 4) is 0 Å². The van der Waals surface area contributed by atoms with Gasteiger partial charge in [0, 0.05) is 18.7 Å². The summed E-state index contributed by atoms with van der Waals surface area (Å²) in [5.41, 5.74) is 6.87. The summed E-state index contributed by atoms with van der Waals surface area (Å²) in [6, 6.07) is 10.7. The SMILES string of the molecule is COC(=O)[C@H]1O[C@H](NC(=O)CC[C@H](NC(=O)OCc2ccccc2)C(=O)N[C@H](C(=O)N[C@@H](CCCNC(N)=O)C(=O)Nc2ccc(CO)cc2)C(C)C)[C@@H]2OC(C)(C)O[C@@H]21. The van der Waals surface area contributed by atoms with Gasteiger partial charge in [-0.1, -0.05) is 56.3 Å². The van der Waals surface area contributed by atoms with Gasteiger partial charge in [-0.2, -0.15) is 0 Å². The maximum atomic E-state index is 13.9. The van der Waals surface area contributed by atoms with Crippen LogP contribution in [0, 0.1) is 5.92 Å². The Kier molecular flexibility index (Phi) is 17.2. The van der Waals surface area contributed by atoms with E-state index in [1.54, 1.807) is 82.3 Å². The average Bonchev–Trinajstić information content (AvgIpc) is 3.70. The van der Waals surface area contributed by atoms with Crippen molar-refractivity contribution in [1.82, 2.24) is 26.6 Å². The molecule has 60 heavy (non-hydrogen) atoms. The average molecular weight is 842 g/mol. The lowest BCUT2D eigenvalue weighted by molar-refractivity contribution is -0.198. The Hall–Kier alpha value is -5.83. The maximum Gasteiger partial charge on any atom is 0.408 e. The van der Waals surface area contributed by atoms with Crippen molar-refractivity contribution in [2.75, 3.05) is 19.0 Å². The first-order valence-electron chi connectivity index (χ1n) is 19.5. The van der Waals surface area contributed by atoms with Crippen molar-refractivity contribution in [2.45, 2.75) is 115 Å². The third kappa shape index (κ3) is 13.9. The fraction of sp³-hybridized carbons (Fsp3) is 0.525. The number of alkyl carbamates (subject to hydrolysis) is 1. The molecule has 0 spiro atoms. The number of nitrogens with two attached hydrogens (primary N) is 1. The highest BCUT2D eigenvalue weighted by Crippen LogP contribution is 2.38. The summed E-state index contributed by atoms with van der Waals surface area (Å²) in [5.74, 6) is -5.12. The summed E-state index contributed by atoms with van der Waals surface area (Å²) in [7, 11) is 1.19. The third-order valence-electron chi connectivity index (χ3n) is 9.52. The fourth-order valence-corrected chi connectivity index (χ4v) is 6.46. The molecule has 2 aromatic rings. The molecular formula is C40H55N7O13. The quantitative estimate of drug-likeness (QED) is 0.0678. The van der Waals surface area contributed by atoms with Gasteiger partial charge >= 0.3 is 18.1 Å². The number of carbonyl (C=O) groups excluding carboxylic acids is 7. The number of carbonyl (C=O) groups is 7. The first kappa shape index (κ1) is 46.9. The molecule has 0 radical (unpaired) electrons. The molecule has 0 unspecified atom stereocenters. The number of anilines is 1. The second-order valence-electron chi connectivity index (χ2n) is 15.0. The molecule has 20 nitrogen and oxygen atoms in total. The summed E-state index contributed by atoms with van der Waals surface area (Å²) in [5, 5.41) is 25.0. The third-order valence-corrected chi connectivity index (χ3v) is 9.52. The van der Waals surface area contributed by atoms with Gasteiger partial charge in [0.05, 0.1) is 13.7 Å². The van der Waals surface area contributed by atoms with Gasteiger partial charge in [-0.25, -0.2) is 14.4 Å². The number of fused-ring (bicyclic) bond motifs is 1. The van der Waals surface area contributed by atoms with Crippen LogP contribution in [0.3, 0.4) is 0 Å². The molecular weight excluding hydrogens is 786 g/mol. The molecule has 0 aromatic heterocycles. The molecule has 20 heteroatoms. The van der Waals surface area contributed by atoms with E-state index in [9.17, 15) is 38.7 Å². The monoisotopic (exact) mass is 841 g/mol. The molecule has 328 valence electrons. The Morgan fingerprint density at radius 3 is 2.13 bits per heavy atom. The lowest BCUT2D eigenvalue weighted by Crippen LogP contribution is -2.58. The van der Waals surface area contributed by atoms with E-state index in [1.807, 2.05) is 0 Å². The Balaban J connectivity index is 1.46. The largest absolute Gasteiger partial charge is 0.467 e. The summed E-state index contributed by atoms with van der Waals surface area (Å²) >= 11 is 0. The number of rotatable bonds is 20. The molecule has 0 saturated carbocycles. The zero-order valence-corrected chi connectivity index (χ0v) is 34.2. The Bertz CT molecular complexity index is 1810. The topological polar surface area (TPSA) is 284 Å². The van der Waals surface area contributed by atoms with Crippen LogP contribution in [-0.2, 0) is 60.9 Å². The van der Waals surface area contributed by atoms with E-state index in [0.29, 0.717) is 16.8 Å². The van der Waals surface area contributed by atoms with E-state index < -0.39 is 96.1 Å². The van der Waals surface area contributed by atoms with Crippen LogP contribution in [0.25, 0.3) is 0 Å². The number of primary amides is 1. The van der Waals surface area contributed by atoms with Crippen LogP contribution in [-0.4, -0.2) is 109 Å². The molecule has 2 aliphatic rings. The molecule has 2 aromatic carbocycles. The van der Waals surface area contributed by atoms with Crippen molar-refractivity contribution < 1.29 is 62.4 Å². The molecule has 2 fully saturated rings. The highest BCUT2D eigenvalue weighted by molar-refractivity contribution is 5.99. The number of nitrogens with one attached hydrogen (secondary N) is 6. The first-order valence-corrected chi connectivity index (χ1v) is 19.5. The predicted molar refractivity (Wildman–Crippen MR) is 212 cm³/mol. The van der Waals surface area contributed by atoms with Gasteiger partial charge in [0.2, 0.25) is 23.6 Å². The summed E-state index contributed by atoms with van der Waals surface area (Å²) < 4.78 is 27.6. The van der Waals surface area contributed by atoms with Crippen molar-refractivity contribution in [2.24, 2.45) is 11.7 Å². The molecule has 4 rings (SSSR count). The molecule has 7 amide bonds. The van der Waals surface area contributed by atoms with Gasteiger partial charge in [0.1, 0.15) is 36.9 Å². The van der Waals surface area contributed by atoms with Crippen LogP contribution in [0.2, 0.25) is 0 Å². The van der Waals surface area contributed by atoms with Crippen molar-refractivity contribution in [3.05, 3.63) is 65.7 Å². The number of esters is 1. The number of aliphatic hydroxyl groups is 1. The van der Waals surface area contributed by atoms with Crippen LogP contribution in [0.15, 0.2) is 54.6 Å². The van der Waals surface area contributed by atoms with Crippen LogP contribution in [0.5, 0.6) is 0 Å². The van der Waals surface area contributed by atoms with E-state index in [4.69, 9.17) is 29.4 Å². The van der Waals surface area contributed by atoms with Gasteiger partial charge < -0.3 is 66.4 Å². The van der Waals surface area contributed by atoms with Crippen LogP contribution < -0.4 is 37.6 Å². The number of amides is 7. The normalized spacial score (nSPS) is 20.4. The standard InChI is InChI=1S/C40H55N7O13/c1-22(2)29(35(52)44-26(12-9-19-42-38(41)54)33(50)43-25-15-13-23(20-48)14-16-25)47-34(51)27(45-39(55)57-21-24-10-7-6-8-11-24)17-18-28(49)46-36-31-30(59-40(3,4)60-31)32(58-36)37(53)56-5/h6-8,10-11,13-16,22,26-27,29-32,36,48H,9,12,17-21H2,1-5H3,(H,43,50)(H,44,52)(H,45,55)(H,46,49)(H,47,51)(H3,41,42,54)/t26-,27-,29-,30-,31+,32-,36-/m0/s1. The highest BCUT2D eigenvalue weighted by atomic mass is 16.8. The highest BCUT2D eigenvalue weighted by Gasteiger charge is 2.58. The number of methoxy groups -OCH3 is 1. The second kappa shape index (κ2) is 22.0. The smallest absolute Gasteiger partial charge is 0.408 e. The Morgan fingerprint density at radius 2 is 1.50 bits per heavy atom. The lowest BCUT2D eigenvalue weighted by Gasteiger charge is -2.27. The van der Waals surface area contributed by atoms with E-state index in [2.05, 4.69) is 31.9 Å². The number of urea groups is 1. The predicted octanol–water partition coefficient (Wildman–Crippen LogP) is 0.801. The van der Waals surface area contributed by atoms with E-state index in [1.165, 1.54) is 7.11 Å². The van der Waals surface area contributed by atoms with Crippen LogP contribution in [0.1, 0.15) is 64.5 Å². The molecule has 2 heterocycles. The molecule has 7 atom stereocenters. The van der Waals surface area contributed by atoms with Gasteiger partial charge in [0.25, 0.3) is 0 Å². The van der Waals surface area contributed by atoms with Crippen molar-refractivity contribution in [3.63, 3.8) is 0 Å².